The molecule has 3 rings (SSSR count). The molecule has 0 bridgehead atoms. The first-order valence-corrected chi connectivity index (χ1v) is 7.46. The summed E-state index contributed by atoms with van der Waals surface area (Å²) >= 11 is 11.9. The molecule has 0 aliphatic carbocycles. The average Bonchev–Trinajstić information content (AvgIpc) is 2.96. The van der Waals surface area contributed by atoms with Crippen molar-refractivity contribution in [2.24, 2.45) is 0 Å². The number of hydrogen-bond acceptors (Lipinski definition) is 5. The fourth-order valence-electron chi connectivity index (χ4n) is 2.31. The van der Waals surface area contributed by atoms with Gasteiger partial charge >= 0.3 is 0 Å². The topological polar surface area (TPSA) is 68.5 Å². The maximum atomic E-state index is 12.7. The standard InChI is InChI=1S/C14H13Cl2N3O3/c1-8-17-13(18-22-8)12-7-21-5-4-19(12)14(20)9-2-3-10(15)11(16)6-9/h2-3,6,12H,4-5,7H2,1H3/t12-/m0/s1. The highest BCUT2D eigenvalue weighted by molar-refractivity contribution is 6.42. The largest absolute Gasteiger partial charge is 0.377 e. The van der Waals surface area contributed by atoms with E-state index in [0.717, 1.165) is 0 Å². The molecular formula is C14H13Cl2N3O3. The fraction of sp³-hybridized carbons (Fsp3) is 0.357. The van der Waals surface area contributed by atoms with Gasteiger partial charge in [0.15, 0.2) is 5.82 Å². The van der Waals surface area contributed by atoms with E-state index < -0.39 is 0 Å². The van der Waals surface area contributed by atoms with Crippen molar-refractivity contribution in [3.8, 4) is 0 Å². The first-order chi connectivity index (χ1) is 10.6. The van der Waals surface area contributed by atoms with E-state index >= 15 is 0 Å². The number of aromatic nitrogens is 2. The molecule has 1 amide bonds. The van der Waals surface area contributed by atoms with Crippen LogP contribution in [0.2, 0.25) is 10.0 Å². The monoisotopic (exact) mass is 341 g/mol. The number of benzene rings is 1. The quantitative estimate of drug-likeness (QED) is 0.839. The number of carbonyl (C=O) groups excluding carboxylic acids is 1. The average molecular weight is 342 g/mol. The molecule has 0 N–H and O–H groups in total. The van der Waals surface area contributed by atoms with Crippen molar-refractivity contribution in [1.29, 1.82) is 0 Å². The van der Waals surface area contributed by atoms with E-state index in [2.05, 4.69) is 10.1 Å². The van der Waals surface area contributed by atoms with Crippen LogP contribution in [0.3, 0.4) is 0 Å². The van der Waals surface area contributed by atoms with Gasteiger partial charge in [0.05, 0.1) is 23.3 Å². The lowest BCUT2D eigenvalue weighted by Crippen LogP contribution is -2.43. The Balaban J connectivity index is 1.89. The van der Waals surface area contributed by atoms with E-state index in [0.29, 0.717) is 47.1 Å². The Morgan fingerprint density at radius 2 is 2.18 bits per heavy atom. The van der Waals surface area contributed by atoms with Crippen molar-refractivity contribution in [1.82, 2.24) is 15.0 Å². The summed E-state index contributed by atoms with van der Waals surface area (Å²) in [6, 6.07) is 4.42. The van der Waals surface area contributed by atoms with Crippen LogP contribution in [0.4, 0.5) is 0 Å². The van der Waals surface area contributed by atoms with Crippen LogP contribution in [0.25, 0.3) is 0 Å². The Morgan fingerprint density at radius 1 is 1.36 bits per heavy atom. The van der Waals surface area contributed by atoms with Crippen LogP contribution in [0.5, 0.6) is 0 Å². The SMILES string of the molecule is Cc1nc([C@@H]2COCCN2C(=O)c2ccc(Cl)c(Cl)c2)no1. The van der Waals surface area contributed by atoms with Gasteiger partial charge in [-0.2, -0.15) is 4.98 Å². The van der Waals surface area contributed by atoms with Gasteiger partial charge in [-0.05, 0) is 18.2 Å². The Bertz CT molecular complexity index is 704. The van der Waals surface area contributed by atoms with Gasteiger partial charge in [-0.25, -0.2) is 0 Å². The number of amides is 1. The molecule has 0 spiro atoms. The van der Waals surface area contributed by atoms with Crippen LogP contribution >= 0.6 is 23.2 Å². The van der Waals surface area contributed by atoms with Crippen molar-refractivity contribution in [3.63, 3.8) is 0 Å². The highest BCUT2D eigenvalue weighted by Gasteiger charge is 2.32. The van der Waals surface area contributed by atoms with Crippen molar-refractivity contribution >= 4 is 29.1 Å². The number of morpholine rings is 1. The molecule has 1 saturated heterocycles. The molecule has 0 saturated carbocycles. The van der Waals surface area contributed by atoms with Gasteiger partial charge in [0.2, 0.25) is 5.89 Å². The number of ether oxygens (including phenoxy) is 1. The summed E-state index contributed by atoms with van der Waals surface area (Å²) in [5.74, 6) is 0.711. The minimum absolute atomic E-state index is 0.172. The zero-order valence-electron chi connectivity index (χ0n) is 11.8. The lowest BCUT2D eigenvalue weighted by Gasteiger charge is -2.33. The molecule has 116 valence electrons. The second kappa shape index (κ2) is 6.24. The highest BCUT2D eigenvalue weighted by atomic mass is 35.5. The molecule has 1 aliphatic rings. The summed E-state index contributed by atoms with van der Waals surface area (Å²) in [7, 11) is 0. The lowest BCUT2D eigenvalue weighted by atomic mass is 10.1. The van der Waals surface area contributed by atoms with Gasteiger partial charge in [0, 0.05) is 19.0 Å². The second-order valence-corrected chi connectivity index (χ2v) is 5.70. The number of aryl methyl sites for hydroxylation is 1. The Hall–Kier alpha value is -1.63. The van der Waals surface area contributed by atoms with Crippen LogP contribution in [0.15, 0.2) is 22.7 Å². The summed E-state index contributed by atoms with van der Waals surface area (Å²) in [6.07, 6.45) is 0. The Labute approximate surface area is 136 Å². The van der Waals surface area contributed by atoms with Gasteiger partial charge in [-0.1, -0.05) is 28.4 Å². The third kappa shape index (κ3) is 2.95. The summed E-state index contributed by atoms with van der Waals surface area (Å²) in [5, 5.41) is 4.64. The molecule has 8 heteroatoms. The van der Waals surface area contributed by atoms with Gasteiger partial charge in [-0.3, -0.25) is 4.79 Å². The summed E-state index contributed by atoms with van der Waals surface area (Å²) < 4.78 is 10.4. The van der Waals surface area contributed by atoms with Gasteiger partial charge in [-0.15, -0.1) is 0 Å². The molecular weight excluding hydrogens is 329 g/mol. The number of halogens is 2. The minimum atomic E-state index is -0.381. The zero-order valence-corrected chi connectivity index (χ0v) is 13.3. The summed E-state index contributed by atoms with van der Waals surface area (Å²) in [4.78, 5) is 18.6. The van der Waals surface area contributed by atoms with Gasteiger partial charge in [0.1, 0.15) is 6.04 Å². The van der Waals surface area contributed by atoms with Gasteiger partial charge < -0.3 is 14.2 Å². The predicted octanol–water partition coefficient (Wildman–Crippen LogP) is 2.90. The minimum Gasteiger partial charge on any atom is -0.377 e. The van der Waals surface area contributed by atoms with Crippen molar-refractivity contribution in [3.05, 3.63) is 45.5 Å². The summed E-state index contributed by atoms with van der Waals surface area (Å²) in [5.41, 5.74) is 0.460. The molecule has 1 atom stereocenters. The first-order valence-electron chi connectivity index (χ1n) is 6.70. The van der Waals surface area contributed by atoms with E-state index in [1.54, 1.807) is 30.0 Å². The van der Waals surface area contributed by atoms with Crippen LogP contribution < -0.4 is 0 Å². The van der Waals surface area contributed by atoms with Crippen LogP contribution in [0, 0.1) is 6.92 Å². The van der Waals surface area contributed by atoms with Crippen molar-refractivity contribution in [2.45, 2.75) is 13.0 Å². The van der Waals surface area contributed by atoms with E-state index in [1.807, 2.05) is 0 Å². The maximum absolute atomic E-state index is 12.7. The van der Waals surface area contributed by atoms with E-state index in [-0.39, 0.29) is 11.9 Å². The normalized spacial score (nSPS) is 18.5. The molecule has 1 fully saturated rings. The van der Waals surface area contributed by atoms with E-state index in [9.17, 15) is 4.79 Å². The van der Waals surface area contributed by atoms with Crippen LogP contribution in [-0.4, -0.2) is 40.7 Å². The second-order valence-electron chi connectivity index (χ2n) is 4.89. The van der Waals surface area contributed by atoms with Crippen LogP contribution in [-0.2, 0) is 4.74 Å². The third-order valence-electron chi connectivity index (χ3n) is 3.40. The lowest BCUT2D eigenvalue weighted by molar-refractivity contribution is -0.00576. The molecule has 2 heterocycles. The number of nitrogens with zero attached hydrogens (tertiary/aromatic N) is 3. The molecule has 0 unspecified atom stereocenters. The molecule has 22 heavy (non-hydrogen) atoms. The molecule has 1 aliphatic heterocycles. The first kappa shape index (κ1) is 15.3. The van der Waals surface area contributed by atoms with Gasteiger partial charge in [0.25, 0.3) is 5.91 Å². The summed E-state index contributed by atoms with van der Waals surface area (Å²) in [6.45, 7) is 2.93. The molecule has 1 aromatic heterocycles. The smallest absolute Gasteiger partial charge is 0.254 e. The number of carbonyl (C=O) groups is 1. The predicted molar refractivity (Wildman–Crippen MR) is 80.1 cm³/mol. The zero-order chi connectivity index (χ0) is 15.7. The number of rotatable bonds is 2. The molecule has 1 aromatic carbocycles. The molecule has 0 radical (unpaired) electrons. The highest BCUT2D eigenvalue weighted by Crippen LogP contribution is 2.27. The third-order valence-corrected chi connectivity index (χ3v) is 4.14. The molecule has 6 nitrogen and oxygen atoms in total. The molecule has 2 aromatic rings. The van der Waals surface area contributed by atoms with Crippen LogP contribution in [0.1, 0.15) is 28.1 Å². The van der Waals surface area contributed by atoms with Crippen molar-refractivity contribution in [2.75, 3.05) is 19.8 Å². The number of hydrogen-bond donors (Lipinski definition) is 0. The van der Waals surface area contributed by atoms with E-state index in [4.69, 9.17) is 32.5 Å². The Kier molecular flexibility index (Phi) is 4.33. The fourth-order valence-corrected chi connectivity index (χ4v) is 2.60. The Morgan fingerprint density at radius 3 is 2.86 bits per heavy atom. The maximum Gasteiger partial charge on any atom is 0.254 e. The van der Waals surface area contributed by atoms with E-state index in [1.165, 1.54) is 0 Å². The van der Waals surface area contributed by atoms with Crippen molar-refractivity contribution < 1.29 is 14.1 Å².